The first kappa shape index (κ1) is 14.4. The van der Waals surface area contributed by atoms with Crippen LogP contribution in [-0.2, 0) is 0 Å². The van der Waals surface area contributed by atoms with Crippen LogP contribution in [0.4, 0.5) is 8.78 Å². The number of rotatable bonds is 4. The molecule has 0 bridgehead atoms. The van der Waals surface area contributed by atoms with Crippen molar-refractivity contribution in [2.75, 3.05) is 6.54 Å². The molecule has 1 saturated carbocycles. The second-order valence-electron chi connectivity index (χ2n) is 5.49. The van der Waals surface area contributed by atoms with E-state index in [0.29, 0.717) is 5.92 Å². The predicted molar refractivity (Wildman–Crippen MR) is 74.0 cm³/mol. The zero-order valence-corrected chi connectivity index (χ0v) is 11.6. The normalized spacial score (nSPS) is 19.1. The van der Waals surface area contributed by atoms with Crippen molar-refractivity contribution in [3.63, 3.8) is 0 Å². The van der Waals surface area contributed by atoms with Crippen LogP contribution in [0.2, 0.25) is 0 Å². The van der Waals surface area contributed by atoms with Crippen molar-refractivity contribution in [2.45, 2.75) is 51.5 Å². The van der Waals surface area contributed by atoms with Crippen LogP contribution in [0.1, 0.15) is 57.1 Å². The molecule has 1 unspecified atom stereocenters. The summed E-state index contributed by atoms with van der Waals surface area (Å²) < 4.78 is 26.8. The minimum atomic E-state index is -0.480. The fourth-order valence-corrected chi connectivity index (χ4v) is 3.18. The van der Waals surface area contributed by atoms with E-state index in [1.807, 2.05) is 6.92 Å². The molecule has 0 aromatic heterocycles. The second kappa shape index (κ2) is 6.99. The lowest BCUT2D eigenvalue weighted by Gasteiger charge is -2.27. The Hall–Kier alpha value is -0.960. The molecule has 1 aromatic rings. The van der Waals surface area contributed by atoms with Gasteiger partial charge >= 0.3 is 0 Å². The molecule has 0 radical (unpaired) electrons. The molecule has 0 aliphatic heterocycles. The quantitative estimate of drug-likeness (QED) is 0.787. The molecule has 1 fully saturated rings. The molecule has 0 spiro atoms. The maximum Gasteiger partial charge on any atom is 0.126 e. The Morgan fingerprint density at radius 2 is 1.63 bits per heavy atom. The first-order valence-corrected chi connectivity index (χ1v) is 7.40. The molecule has 1 N–H and O–H groups in total. The molecule has 0 saturated heterocycles. The van der Waals surface area contributed by atoms with Crippen LogP contribution in [-0.4, -0.2) is 6.54 Å². The van der Waals surface area contributed by atoms with Crippen LogP contribution in [0.5, 0.6) is 0 Å². The average molecular weight is 267 g/mol. The number of nitrogens with one attached hydrogen (secondary N) is 1. The van der Waals surface area contributed by atoms with Gasteiger partial charge in [0.1, 0.15) is 11.6 Å². The number of benzene rings is 1. The van der Waals surface area contributed by atoms with Crippen molar-refractivity contribution in [3.05, 3.63) is 35.4 Å². The van der Waals surface area contributed by atoms with Gasteiger partial charge in [-0.1, -0.05) is 32.6 Å². The summed E-state index contributed by atoms with van der Waals surface area (Å²) in [7, 11) is 0. The Bertz CT molecular complexity index is 377. The summed E-state index contributed by atoms with van der Waals surface area (Å²) in [5, 5.41) is 3.42. The average Bonchev–Trinajstić information content (AvgIpc) is 2.63. The fraction of sp³-hybridized carbons (Fsp3) is 0.625. The van der Waals surface area contributed by atoms with Crippen LogP contribution in [0, 0.1) is 17.6 Å². The molecule has 0 heterocycles. The molecular weight excluding hydrogens is 244 g/mol. The van der Waals surface area contributed by atoms with Crippen LogP contribution in [0.3, 0.4) is 0 Å². The molecule has 1 atom stereocenters. The Morgan fingerprint density at radius 3 is 2.16 bits per heavy atom. The van der Waals surface area contributed by atoms with E-state index < -0.39 is 11.6 Å². The van der Waals surface area contributed by atoms with Crippen molar-refractivity contribution >= 4 is 0 Å². The topological polar surface area (TPSA) is 12.0 Å². The summed E-state index contributed by atoms with van der Waals surface area (Å²) in [4.78, 5) is 0. The Labute approximate surface area is 114 Å². The van der Waals surface area contributed by atoms with Crippen molar-refractivity contribution in [3.8, 4) is 0 Å². The Morgan fingerprint density at radius 1 is 1.05 bits per heavy atom. The van der Waals surface area contributed by atoms with Gasteiger partial charge in [0.15, 0.2) is 0 Å². The molecule has 19 heavy (non-hydrogen) atoms. The van der Waals surface area contributed by atoms with Crippen molar-refractivity contribution in [1.29, 1.82) is 0 Å². The molecule has 0 amide bonds. The van der Waals surface area contributed by atoms with Gasteiger partial charge in [-0.2, -0.15) is 0 Å². The third kappa shape index (κ3) is 4.00. The monoisotopic (exact) mass is 267 g/mol. The van der Waals surface area contributed by atoms with Gasteiger partial charge in [0.25, 0.3) is 0 Å². The van der Waals surface area contributed by atoms with Gasteiger partial charge in [-0.15, -0.1) is 0 Å². The largest absolute Gasteiger partial charge is 0.310 e. The van der Waals surface area contributed by atoms with E-state index in [9.17, 15) is 8.78 Å². The smallest absolute Gasteiger partial charge is 0.126 e. The van der Waals surface area contributed by atoms with Gasteiger partial charge in [0.05, 0.1) is 0 Å². The van der Waals surface area contributed by atoms with Gasteiger partial charge in [-0.25, -0.2) is 8.78 Å². The Balaban J connectivity index is 2.22. The predicted octanol–water partition coefficient (Wildman–Crippen LogP) is 4.59. The fourth-order valence-electron chi connectivity index (χ4n) is 3.18. The SMILES string of the molecule is CCNC(c1cc(F)cc(F)c1)C1CCCCCC1. The number of halogens is 2. The molecule has 3 heteroatoms. The van der Waals surface area contributed by atoms with Gasteiger partial charge in [-0.05, 0) is 43.0 Å². The Kier molecular flexibility index (Phi) is 5.32. The minimum Gasteiger partial charge on any atom is -0.310 e. The van der Waals surface area contributed by atoms with Crippen LogP contribution >= 0.6 is 0 Å². The molecule has 1 aliphatic carbocycles. The third-order valence-corrected chi connectivity index (χ3v) is 4.04. The van der Waals surface area contributed by atoms with Crippen molar-refractivity contribution < 1.29 is 8.78 Å². The molecule has 106 valence electrons. The van der Waals surface area contributed by atoms with Gasteiger partial charge in [-0.3, -0.25) is 0 Å². The molecular formula is C16H23F2N. The van der Waals surface area contributed by atoms with E-state index in [0.717, 1.165) is 31.0 Å². The standard InChI is InChI=1S/C16H23F2N/c1-2-19-16(12-7-5-3-4-6-8-12)13-9-14(17)11-15(18)10-13/h9-12,16,19H,2-8H2,1H3. The van der Waals surface area contributed by atoms with E-state index in [2.05, 4.69) is 5.32 Å². The highest BCUT2D eigenvalue weighted by atomic mass is 19.1. The summed E-state index contributed by atoms with van der Waals surface area (Å²) in [5.41, 5.74) is 0.756. The van der Waals surface area contributed by atoms with Crippen molar-refractivity contribution in [2.24, 2.45) is 5.92 Å². The molecule has 1 aliphatic rings. The summed E-state index contributed by atoms with van der Waals surface area (Å²) in [6.07, 6.45) is 7.32. The van der Waals surface area contributed by atoms with E-state index in [1.54, 1.807) is 0 Å². The summed E-state index contributed by atoms with van der Waals surface area (Å²) in [6, 6.07) is 3.97. The zero-order valence-electron chi connectivity index (χ0n) is 11.6. The van der Waals surface area contributed by atoms with Gasteiger partial charge in [0.2, 0.25) is 0 Å². The van der Waals surface area contributed by atoms with E-state index >= 15 is 0 Å². The van der Waals surface area contributed by atoms with Crippen LogP contribution < -0.4 is 5.32 Å². The lowest BCUT2D eigenvalue weighted by molar-refractivity contribution is 0.328. The lowest BCUT2D eigenvalue weighted by Crippen LogP contribution is -2.28. The van der Waals surface area contributed by atoms with E-state index in [1.165, 1.54) is 37.8 Å². The zero-order chi connectivity index (χ0) is 13.7. The summed E-state index contributed by atoms with van der Waals surface area (Å²) >= 11 is 0. The highest BCUT2D eigenvalue weighted by Gasteiger charge is 2.24. The first-order valence-electron chi connectivity index (χ1n) is 7.40. The third-order valence-electron chi connectivity index (χ3n) is 4.04. The van der Waals surface area contributed by atoms with E-state index in [-0.39, 0.29) is 6.04 Å². The maximum atomic E-state index is 13.4. The number of hydrogen-bond donors (Lipinski definition) is 1. The highest BCUT2D eigenvalue weighted by molar-refractivity contribution is 5.22. The molecule has 2 rings (SSSR count). The summed E-state index contributed by atoms with van der Waals surface area (Å²) in [5.74, 6) is -0.471. The first-order chi connectivity index (χ1) is 9.20. The van der Waals surface area contributed by atoms with Gasteiger partial charge < -0.3 is 5.32 Å². The molecule has 1 nitrogen and oxygen atoms in total. The van der Waals surface area contributed by atoms with Crippen LogP contribution in [0.15, 0.2) is 18.2 Å². The highest BCUT2D eigenvalue weighted by Crippen LogP contribution is 2.34. The van der Waals surface area contributed by atoms with Gasteiger partial charge in [0, 0.05) is 12.1 Å². The van der Waals surface area contributed by atoms with Crippen LogP contribution in [0.25, 0.3) is 0 Å². The number of hydrogen-bond acceptors (Lipinski definition) is 1. The molecule has 1 aromatic carbocycles. The van der Waals surface area contributed by atoms with E-state index in [4.69, 9.17) is 0 Å². The maximum absolute atomic E-state index is 13.4. The second-order valence-corrected chi connectivity index (χ2v) is 5.49. The lowest BCUT2D eigenvalue weighted by atomic mass is 9.87. The minimum absolute atomic E-state index is 0.0771. The van der Waals surface area contributed by atoms with Crippen molar-refractivity contribution in [1.82, 2.24) is 5.32 Å². The summed E-state index contributed by atoms with van der Waals surface area (Å²) in [6.45, 7) is 2.86.